The topological polar surface area (TPSA) is 49.8 Å². The third-order valence-electron chi connectivity index (χ3n) is 3.88. The molecule has 0 aromatic heterocycles. The molecule has 0 saturated heterocycles. The molecular weight excluding hydrogens is 278 g/mol. The van der Waals surface area contributed by atoms with Crippen LogP contribution in [0.25, 0.3) is 0 Å². The highest BCUT2D eigenvalue weighted by atomic mass is 16.5. The highest BCUT2D eigenvalue weighted by Crippen LogP contribution is 2.18. The summed E-state index contributed by atoms with van der Waals surface area (Å²) in [5, 5.41) is 10.3. The number of hydrogen-bond acceptors (Lipinski definition) is 4. The Bertz CT molecular complexity index is 430. The maximum absolute atomic E-state index is 11.4. The molecule has 0 spiro atoms. The van der Waals surface area contributed by atoms with Crippen LogP contribution in [0.1, 0.15) is 50.8 Å². The zero-order valence-electron chi connectivity index (χ0n) is 14.0. The van der Waals surface area contributed by atoms with Crippen LogP contribution in [0.3, 0.4) is 0 Å². The summed E-state index contributed by atoms with van der Waals surface area (Å²) in [7, 11) is 0. The summed E-state index contributed by atoms with van der Waals surface area (Å²) in [5.74, 6) is -0.156. The molecule has 0 aliphatic heterocycles. The van der Waals surface area contributed by atoms with Crippen molar-refractivity contribution in [3.05, 3.63) is 35.4 Å². The van der Waals surface area contributed by atoms with Gasteiger partial charge in [-0.3, -0.25) is 4.79 Å². The quantitative estimate of drug-likeness (QED) is 0.675. The van der Waals surface area contributed by atoms with Crippen LogP contribution < -0.4 is 0 Å². The molecular formula is C18H29NO3. The minimum Gasteiger partial charge on any atom is -0.466 e. The molecule has 0 saturated carbocycles. The molecule has 0 amide bonds. The second-order valence-corrected chi connectivity index (χ2v) is 5.39. The van der Waals surface area contributed by atoms with E-state index in [-0.39, 0.29) is 5.97 Å². The van der Waals surface area contributed by atoms with Gasteiger partial charge in [0.05, 0.1) is 19.1 Å². The van der Waals surface area contributed by atoms with Gasteiger partial charge in [-0.2, -0.15) is 0 Å². The Morgan fingerprint density at radius 1 is 1.18 bits per heavy atom. The molecule has 1 atom stereocenters. The fourth-order valence-electron chi connectivity index (χ4n) is 2.36. The summed E-state index contributed by atoms with van der Waals surface area (Å²) in [4.78, 5) is 13.6. The van der Waals surface area contributed by atoms with Crippen molar-refractivity contribution >= 4 is 5.97 Å². The molecule has 0 fully saturated rings. The van der Waals surface area contributed by atoms with Gasteiger partial charge in [0.25, 0.3) is 0 Å². The van der Waals surface area contributed by atoms with Crippen molar-refractivity contribution in [2.24, 2.45) is 0 Å². The molecule has 0 aliphatic carbocycles. The third-order valence-corrected chi connectivity index (χ3v) is 3.88. The number of rotatable bonds is 10. The maximum atomic E-state index is 11.4. The largest absolute Gasteiger partial charge is 0.466 e. The fraction of sp³-hybridized carbons (Fsp3) is 0.611. The average Bonchev–Trinajstić information content (AvgIpc) is 2.55. The van der Waals surface area contributed by atoms with E-state index in [0.29, 0.717) is 26.0 Å². The first-order valence-electron chi connectivity index (χ1n) is 8.25. The molecule has 0 heterocycles. The number of nitrogens with zero attached hydrogens (tertiary/aromatic N) is 1. The summed E-state index contributed by atoms with van der Waals surface area (Å²) in [5.41, 5.74) is 2.24. The summed E-state index contributed by atoms with van der Waals surface area (Å²) < 4.78 is 4.94. The van der Waals surface area contributed by atoms with Crippen LogP contribution in [0, 0.1) is 0 Å². The number of aliphatic hydroxyl groups excluding tert-OH is 1. The van der Waals surface area contributed by atoms with Gasteiger partial charge in [0.1, 0.15) is 0 Å². The van der Waals surface area contributed by atoms with E-state index in [4.69, 9.17) is 4.74 Å². The normalized spacial score (nSPS) is 12.4. The van der Waals surface area contributed by atoms with E-state index in [1.807, 2.05) is 19.1 Å². The number of benzene rings is 1. The number of hydrogen-bond donors (Lipinski definition) is 1. The van der Waals surface area contributed by atoms with Crippen LogP contribution >= 0.6 is 0 Å². The van der Waals surface area contributed by atoms with Gasteiger partial charge in [-0.25, -0.2) is 0 Å². The molecule has 1 rings (SSSR count). The van der Waals surface area contributed by atoms with Crippen molar-refractivity contribution in [2.45, 2.75) is 46.1 Å². The van der Waals surface area contributed by atoms with Crippen LogP contribution in [0.15, 0.2) is 24.3 Å². The summed E-state index contributed by atoms with van der Waals surface area (Å²) in [6.45, 7) is 8.74. The van der Waals surface area contributed by atoms with Crippen molar-refractivity contribution in [1.82, 2.24) is 4.90 Å². The molecule has 4 heteroatoms. The standard InChI is InChI=1S/C18H29NO3/c1-4-15-7-9-16(10-8-15)17(20)11-13-19(5-2)14-12-18(21)22-6-3/h7-10,17,20H,4-6,11-14H2,1-3H3. The predicted molar refractivity (Wildman–Crippen MR) is 88.8 cm³/mol. The molecule has 1 unspecified atom stereocenters. The zero-order valence-corrected chi connectivity index (χ0v) is 14.0. The highest BCUT2D eigenvalue weighted by molar-refractivity contribution is 5.69. The van der Waals surface area contributed by atoms with Crippen LogP contribution in [-0.2, 0) is 16.0 Å². The van der Waals surface area contributed by atoms with Gasteiger partial charge in [0.2, 0.25) is 0 Å². The Labute approximate surface area is 134 Å². The molecule has 4 nitrogen and oxygen atoms in total. The van der Waals surface area contributed by atoms with E-state index in [0.717, 1.165) is 25.1 Å². The molecule has 1 aromatic rings. The Kier molecular flexibility index (Phi) is 8.78. The fourth-order valence-corrected chi connectivity index (χ4v) is 2.36. The van der Waals surface area contributed by atoms with Crippen molar-refractivity contribution in [2.75, 3.05) is 26.2 Å². The number of carbonyl (C=O) groups excluding carboxylic acids is 1. The predicted octanol–water partition coefficient (Wildman–Crippen LogP) is 2.95. The monoisotopic (exact) mass is 307 g/mol. The van der Waals surface area contributed by atoms with Gasteiger partial charge < -0.3 is 14.7 Å². The van der Waals surface area contributed by atoms with E-state index in [9.17, 15) is 9.90 Å². The van der Waals surface area contributed by atoms with Crippen molar-refractivity contribution in [3.8, 4) is 0 Å². The van der Waals surface area contributed by atoms with E-state index in [2.05, 4.69) is 30.9 Å². The lowest BCUT2D eigenvalue weighted by molar-refractivity contribution is -0.143. The van der Waals surface area contributed by atoms with Crippen LogP contribution in [-0.4, -0.2) is 42.2 Å². The number of ether oxygens (including phenoxy) is 1. The van der Waals surface area contributed by atoms with Gasteiger partial charge in [-0.15, -0.1) is 0 Å². The van der Waals surface area contributed by atoms with Crippen LogP contribution in [0.4, 0.5) is 0 Å². The number of esters is 1. The SMILES string of the molecule is CCOC(=O)CCN(CC)CCC(O)c1ccc(CC)cc1. The highest BCUT2D eigenvalue weighted by Gasteiger charge is 2.12. The minimum atomic E-state index is -0.456. The van der Waals surface area contributed by atoms with Gasteiger partial charge in [-0.05, 0) is 37.4 Å². The number of aliphatic hydroxyl groups is 1. The van der Waals surface area contributed by atoms with Crippen LogP contribution in [0.2, 0.25) is 0 Å². The van der Waals surface area contributed by atoms with E-state index in [1.165, 1.54) is 5.56 Å². The van der Waals surface area contributed by atoms with Crippen molar-refractivity contribution in [1.29, 1.82) is 0 Å². The first kappa shape index (κ1) is 18.7. The first-order valence-corrected chi connectivity index (χ1v) is 8.25. The summed E-state index contributed by atoms with van der Waals surface area (Å²) in [6.07, 6.45) is 1.63. The second kappa shape index (κ2) is 10.4. The van der Waals surface area contributed by atoms with E-state index >= 15 is 0 Å². The first-order chi connectivity index (χ1) is 10.6. The molecule has 22 heavy (non-hydrogen) atoms. The van der Waals surface area contributed by atoms with Crippen molar-refractivity contribution < 1.29 is 14.6 Å². The molecule has 0 aliphatic rings. The lowest BCUT2D eigenvalue weighted by Gasteiger charge is -2.21. The Hall–Kier alpha value is -1.39. The summed E-state index contributed by atoms with van der Waals surface area (Å²) in [6, 6.07) is 8.13. The molecule has 1 aromatic carbocycles. The summed E-state index contributed by atoms with van der Waals surface area (Å²) >= 11 is 0. The smallest absolute Gasteiger partial charge is 0.307 e. The lowest BCUT2D eigenvalue weighted by atomic mass is 10.0. The van der Waals surface area contributed by atoms with Gasteiger partial charge in [0.15, 0.2) is 0 Å². The molecule has 1 N–H and O–H groups in total. The van der Waals surface area contributed by atoms with E-state index in [1.54, 1.807) is 0 Å². The Morgan fingerprint density at radius 2 is 1.86 bits per heavy atom. The molecule has 0 radical (unpaired) electrons. The zero-order chi connectivity index (χ0) is 16.4. The van der Waals surface area contributed by atoms with E-state index < -0.39 is 6.10 Å². The Balaban J connectivity index is 2.39. The lowest BCUT2D eigenvalue weighted by Crippen LogP contribution is -2.28. The molecule has 0 bridgehead atoms. The van der Waals surface area contributed by atoms with Crippen molar-refractivity contribution in [3.63, 3.8) is 0 Å². The van der Waals surface area contributed by atoms with Gasteiger partial charge in [-0.1, -0.05) is 38.1 Å². The van der Waals surface area contributed by atoms with Crippen LogP contribution in [0.5, 0.6) is 0 Å². The average molecular weight is 307 g/mol. The Morgan fingerprint density at radius 3 is 2.41 bits per heavy atom. The van der Waals surface area contributed by atoms with Gasteiger partial charge in [0, 0.05) is 13.1 Å². The number of aryl methyl sites for hydroxylation is 1. The third kappa shape index (κ3) is 6.58. The maximum Gasteiger partial charge on any atom is 0.307 e. The van der Waals surface area contributed by atoms with Gasteiger partial charge >= 0.3 is 5.97 Å². The molecule has 124 valence electrons. The second-order valence-electron chi connectivity index (χ2n) is 5.39. The minimum absolute atomic E-state index is 0.156. The number of carbonyl (C=O) groups is 1.